The molecule has 0 fully saturated rings. The molecule has 0 unspecified atom stereocenters. The van der Waals surface area contributed by atoms with Gasteiger partial charge in [-0.25, -0.2) is 0 Å². The number of ketones is 2. The van der Waals surface area contributed by atoms with Crippen LogP contribution in [0.25, 0.3) is 43.4 Å². The van der Waals surface area contributed by atoms with Crippen molar-refractivity contribution in [2.24, 2.45) is 0 Å². The number of hydrogen-bond acceptors (Lipinski definition) is 3. The zero-order valence-electron chi connectivity index (χ0n) is 19.6. The predicted octanol–water partition coefficient (Wildman–Crippen LogP) is 6.69. The number of carbonyl (C=O) groups is 2. The third-order valence-electron chi connectivity index (χ3n) is 7.83. The van der Waals surface area contributed by atoms with Gasteiger partial charge in [-0.05, 0) is 0 Å². The summed E-state index contributed by atoms with van der Waals surface area (Å²) in [6, 6.07) is 22.6. The van der Waals surface area contributed by atoms with E-state index in [0.29, 0.717) is 16.9 Å². The van der Waals surface area contributed by atoms with Gasteiger partial charge in [0.25, 0.3) is 0 Å². The Labute approximate surface area is 212 Å². The van der Waals surface area contributed by atoms with Crippen molar-refractivity contribution in [1.29, 1.82) is 0 Å². The second-order valence-electron chi connectivity index (χ2n) is 10.1. The molecule has 36 heavy (non-hydrogen) atoms. The van der Waals surface area contributed by atoms with E-state index in [1.165, 1.54) is 16.3 Å². The topological polar surface area (TPSA) is 52.2 Å². The van der Waals surface area contributed by atoms with Crippen LogP contribution in [0.5, 0.6) is 0 Å². The van der Waals surface area contributed by atoms with Crippen molar-refractivity contribution in [3.8, 4) is 5.88 Å². The zero-order valence-corrected chi connectivity index (χ0v) is 21.3. The average Bonchev–Trinajstić information content (AvgIpc) is 3.63. The molecule has 0 saturated heterocycles. The Kier molecular flexibility index (Phi) is 3.74. The molecule has 0 saturated carbocycles. The second kappa shape index (κ2) is 6.64. The number of allylic oxidation sites excluding steroid dienone is 1. The first-order chi connectivity index (χ1) is 17.4. The normalized spacial score (nSPS) is 17.0. The minimum absolute atomic E-state index is 0.175. The van der Waals surface area contributed by atoms with Crippen LogP contribution in [0.1, 0.15) is 51.5 Å². The van der Waals surface area contributed by atoms with E-state index in [4.69, 9.17) is 4.42 Å². The van der Waals surface area contributed by atoms with Gasteiger partial charge < -0.3 is 0 Å². The van der Waals surface area contributed by atoms with Crippen molar-refractivity contribution in [2.45, 2.75) is 19.3 Å². The molecule has 5 heteroatoms. The molecule has 0 atom stereocenters. The number of para-hydroxylation sites is 2. The summed E-state index contributed by atoms with van der Waals surface area (Å²) in [4.78, 5) is 28.7. The molecule has 4 nitrogen and oxygen atoms in total. The van der Waals surface area contributed by atoms with Crippen molar-refractivity contribution in [2.75, 3.05) is 0 Å². The third-order valence-corrected chi connectivity index (χ3v) is 9.68. The van der Waals surface area contributed by atoms with E-state index >= 15 is 0 Å². The fourth-order valence-corrected chi connectivity index (χ4v) is 7.72. The monoisotopic (exact) mass is 533 g/mol. The van der Waals surface area contributed by atoms with Gasteiger partial charge in [-0.1, -0.05) is 30.3 Å². The quantitative estimate of drug-likeness (QED) is 0.135. The molecule has 2 aliphatic rings. The van der Waals surface area contributed by atoms with Crippen LogP contribution in [0.4, 0.5) is 0 Å². The summed E-state index contributed by atoms with van der Waals surface area (Å²) < 4.78 is 9.81. The number of aromatic nitrogens is 1. The van der Waals surface area contributed by atoms with Gasteiger partial charge in [0.1, 0.15) is 0 Å². The van der Waals surface area contributed by atoms with Crippen LogP contribution in [-0.2, 0) is 5.41 Å². The van der Waals surface area contributed by atoms with Gasteiger partial charge in [-0.15, -0.1) is 0 Å². The van der Waals surface area contributed by atoms with Crippen molar-refractivity contribution in [3.63, 3.8) is 0 Å². The maximum absolute atomic E-state index is 13.3. The average molecular weight is 532 g/mol. The Hall–Kier alpha value is -3.92. The first-order valence-electron chi connectivity index (χ1n) is 11.9. The van der Waals surface area contributed by atoms with Gasteiger partial charge in [0.05, 0.1) is 0 Å². The molecular formula is C31H19NO3Se. The summed E-state index contributed by atoms with van der Waals surface area (Å²) in [5.41, 5.74) is 5.37. The van der Waals surface area contributed by atoms with Crippen molar-refractivity contribution in [3.05, 3.63) is 105 Å². The molecule has 0 spiro atoms. The number of hydrogen-bond donors (Lipinski definition) is 0. The molecule has 172 valence electrons. The van der Waals surface area contributed by atoms with Crippen molar-refractivity contribution >= 4 is 63.6 Å². The van der Waals surface area contributed by atoms with Crippen molar-refractivity contribution in [1.82, 2.24) is 4.57 Å². The van der Waals surface area contributed by atoms with Gasteiger partial charge >= 0.3 is 182 Å². The number of carbonyl (C=O) groups excluding carboxylic acids is 2. The van der Waals surface area contributed by atoms with E-state index in [1.807, 2.05) is 30.3 Å². The number of nitrogens with zero attached hydrogens (tertiary/aromatic N) is 1. The fraction of sp³-hybridized carbons (Fsp3) is 0.0968. The van der Waals surface area contributed by atoms with Gasteiger partial charge in [-0.2, -0.15) is 0 Å². The molecule has 0 amide bonds. The third kappa shape index (κ3) is 2.39. The van der Waals surface area contributed by atoms with Crippen LogP contribution in [0.2, 0.25) is 0 Å². The first kappa shape index (κ1) is 20.3. The summed E-state index contributed by atoms with van der Waals surface area (Å²) in [5.74, 6) is 0.828. The first-order valence-corrected chi connectivity index (χ1v) is 13.8. The van der Waals surface area contributed by atoms with Gasteiger partial charge in [0.2, 0.25) is 0 Å². The zero-order chi connectivity index (χ0) is 24.3. The SMILES string of the molecule is CC1(C)c2cc(/C=C3/C(=O)c4cc5cc[se]c5cc4C3=O)oc2-n2c3ccccc3c3cccc1c32. The van der Waals surface area contributed by atoms with Crippen LogP contribution < -0.4 is 0 Å². The standard InChI is InChI=1S/C31H19NO3Se/c1-31(2)23-8-5-7-19-18-6-3-4-9-25(18)32(27(19)23)30-24(31)14-17(35-30)13-22-28(33)20-12-16-10-11-36-26(16)15-21(20)29(22)34/h3-15H,1-2H3/b22-13-. The Morgan fingerprint density at radius 1 is 0.861 bits per heavy atom. The molecule has 0 bridgehead atoms. The predicted molar refractivity (Wildman–Crippen MR) is 143 cm³/mol. The number of furan rings is 1. The van der Waals surface area contributed by atoms with E-state index < -0.39 is 0 Å². The molecule has 0 radical (unpaired) electrons. The molecule has 3 aromatic heterocycles. The van der Waals surface area contributed by atoms with E-state index in [-0.39, 0.29) is 37.1 Å². The molecule has 4 heterocycles. The van der Waals surface area contributed by atoms with Gasteiger partial charge in [-0.3, -0.25) is 0 Å². The number of Topliss-reactive ketones (excluding diaryl/α,β-unsaturated/α-hetero) is 2. The number of rotatable bonds is 1. The van der Waals surface area contributed by atoms with E-state index in [2.05, 4.69) is 59.8 Å². The molecule has 1 aliphatic carbocycles. The minimum atomic E-state index is -0.304. The Morgan fingerprint density at radius 2 is 1.64 bits per heavy atom. The summed E-state index contributed by atoms with van der Waals surface area (Å²) >= 11 is 0.214. The summed E-state index contributed by atoms with van der Waals surface area (Å²) in [5, 5.41) is 3.42. The molecule has 1 aliphatic heterocycles. The van der Waals surface area contributed by atoms with Crippen LogP contribution in [0.3, 0.4) is 0 Å². The Balaban J connectivity index is 1.35. The van der Waals surface area contributed by atoms with E-state index in [0.717, 1.165) is 32.1 Å². The van der Waals surface area contributed by atoms with Crippen LogP contribution in [-0.4, -0.2) is 30.6 Å². The van der Waals surface area contributed by atoms with Crippen LogP contribution >= 0.6 is 0 Å². The summed E-state index contributed by atoms with van der Waals surface area (Å²) in [6.07, 6.45) is 1.64. The number of benzene rings is 3. The molecule has 6 aromatic rings. The van der Waals surface area contributed by atoms with Gasteiger partial charge in [0.15, 0.2) is 0 Å². The second-order valence-corrected chi connectivity index (χ2v) is 12.1. The van der Waals surface area contributed by atoms with Crippen molar-refractivity contribution < 1.29 is 14.0 Å². The van der Waals surface area contributed by atoms with E-state index in [1.54, 1.807) is 6.08 Å². The molecule has 3 aromatic carbocycles. The van der Waals surface area contributed by atoms with Crippen LogP contribution in [0, 0.1) is 0 Å². The Bertz CT molecular complexity index is 1960. The maximum atomic E-state index is 13.3. The number of fused-ring (bicyclic) bond motifs is 7. The molecule has 8 rings (SSSR count). The fourth-order valence-electron chi connectivity index (χ4n) is 6.02. The van der Waals surface area contributed by atoms with Gasteiger partial charge in [0, 0.05) is 0 Å². The summed E-state index contributed by atoms with van der Waals surface area (Å²) in [6.45, 7) is 4.40. The summed E-state index contributed by atoms with van der Waals surface area (Å²) in [7, 11) is 0. The molecular weight excluding hydrogens is 513 g/mol. The molecule has 0 N–H and O–H groups in total. The van der Waals surface area contributed by atoms with Crippen LogP contribution in [0.15, 0.2) is 81.7 Å². The Morgan fingerprint density at radius 3 is 2.50 bits per heavy atom. The van der Waals surface area contributed by atoms with E-state index in [9.17, 15) is 9.59 Å².